The first-order valence-electron chi connectivity index (χ1n) is 7.56. The lowest BCUT2D eigenvalue weighted by Crippen LogP contribution is -2.33. The molecule has 0 bridgehead atoms. The number of carbonyl (C=O) groups is 2. The molecule has 0 heterocycles. The van der Waals surface area contributed by atoms with Gasteiger partial charge in [-0.3, -0.25) is 14.3 Å². The normalized spacial score (nSPS) is 11.0. The fraction of sp³-hybridized carbons (Fsp3) is 0.176. The number of aryl methyl sites for hydroxylation is 2. The molecule has 138 valence electrons. The van der Waals surface area contributed by atoms with Crippen LogP contribution in [0.2, 0.25) is 5.02 Å². The zero-order valence-corrected chi connectivity index (χ0v) is 15.7. The second-order valence-corrected chi connectivity index (χ2v) is 7.78. The SMILES string of the molecule is Cc1ccc(NS(=O)(=O)c2ccc(Cl)c(C(=O)NCC(N)=O)c2)cc1C. The second kappa shape index (κ2) is 7.76. The van der Waals surface area contributed by atoms with Crippen LogP contribution in [0.15, 0.2) is 41.3 Å². The highest BCUT2D eigenvalue weighted by molar-refractivity contribution is 7.92. The monoisotopic (exact) mass is 395 g/mol. The summed E-state index contributed by atoms with van der Waals surface area (Å²) in [5.74, 6) is -1.42. The summed E-state index contributed by atoms with van der Waals surface area (Å²) in [6, 6.07) is 8.89. The maximum Gasteiger partial charge on any atom is 0.261 e. The molecule has 7 nitrogen and oxygen atoms in total. The number of primary amides is 1. The number of nitrogens with two attached hydrogens (primary N) is 1. The maximum atomic E-state index is 12.6. The van der Waals surface area contributed by atoms with Crippen LogP contribution in [-0.2, 0) is 14.8 Å². The molecular weight excluding hydrogens is 378 g/mol. The molecule has 0 saturated heterocycles. The lowest BCUT2D eigenvalue weighted by molar-refractivity contribution is -0.117. The molecule has 9 heteroatoms. The van der Waals surface area contributed by atoms with Crippen LogP contribution in [0, 0.1) is 13.8 Å². The predicted molar refractivity (Wildman–Crippen MR) is 99.7 cm³/mol. The van der Waals surface area contributed by atoms with E-state index >= 15 is 0 Å². The Balaban J connectivity index is 2.31. The summed E-state index contributed by atoms with van der Waals surface area (Å²) in [5.41, 5.74) is 7.28. The van der Waals surface area contributed by atoms with Gasteiger partial charge in [0.15, 0.2) is 0 Å². The number of anilines is 1. The topological polar surface area (TPSA) is 118 Å². The van der Waals surface area contributed by atoms with Gasteiger partial charge in [-0.05, 0) is 55.3 Å². The first-order chi connectivity index (χ1) is 12.1. The standard InChI is InChI=1S/C17H18ClN3O4S/c1-10-3-4-12(7-11(10)2)21-26(24,25)13-5-6-15(18)14(8-13)17(23)20-9-16(19)22/h3-8,21H,9H2,1-2H3,(H2,19,22)(H,20,23). The third-order valence-electron chi connectivity index (χ3n) is 3.68. The minimum absolute atomic E-state index is 0.0529. The van der Waals surface area contributed by atoms with Crippen molar-refractivity contribution >= 4 is 39.1 Å². The van der Waals surface area contributed by atoms with Crippen molar-refractivity contribution in [2.45, 2.75) is 18.7 Å². The van der Waals surface area contributed by atoms with E-state index in [4.69, 9.17) is 17.3 Å². The number of hydrogen-bond acceptors (Lipinski definition) is 4. The summed E-state index contributed by atoms with van der Waals surface area (Å²) in [5, 5.41) is 2.32. The Morgan fingerprint density at radius 1 is 1.08 bits per heavy atom. The summed E-state index contributed by atoms with van der Waals surface area (Å²) in [6.07, 6.45) is 0. The van der Waals surface area contributed by atoms with Crippen LogP contribution in [-0.4, -0.2) is 26.8 Å². The number of benzene rings is 2. The minimum Gasteiger partial charge on any atom is -0.368 e. The summed E-state index contributed by atoms with van der Waals surface area (Å²) in [6.45, 7) is 3.41. The van der Waals surface area contributed by atoms with Crippen LogP contribution < -0.4 is 15.8 Å². The predicted octanol–water partition coefficient (Wildman–Crippen LogP) is 1.97. The zero-order valence-electron chi connectivity index (χ0n) is 14.2. The van der Waals surface area contributed by atoms with Crippen molar-refractivity contribution in [2.24, 2.45) is 5.73 Å². The van der Waals surface area contributed by atoms with Crippen molar-refractivity contribution in [2.75, 3.05) is 11.3 Å². The van der Waals surface area contributed by atoms with Crippen LogP contribution >= 0.6 is 11.6 Å². The zero-order chi connectivity index (χ0) is 19.5. The Labute approximate surface area is 156 Å². The van der Waals surface area contributed by atoms with Crippen LogP contribution in [0.3, 0.4) is 0 Å². The van der Waals surface area contributed by atoms with Gasteiger partial charge < -0.3 is 11.1 Å². The number of amides is 2. The largest absolute Gasteiger partial charge is 0.368 e. The summed E-state index contributed by atoms with van der Waals surface area (Å²) in [4.78, 5) is 22.7. The van der Waals surface area contributed by atoms with E-state index in [1.54, 1.807) is 18.2 Å². The first-order valence-corrected chi connectivity index (χ1v) is 9.42. The average molecular weight is 396 g/mol. The third-order valence-corrected chi connectivity index (χ3v) is 5.38. The van der Waals surface area contributed by atoms with Crippen molar-refractivity contribution in [1.82, 2.24) is 5.32 Å². The molecule has 0 aliphatic carbocycles. The highest BCUT2D eigenvalue weighted by Crippen LogP contribution is 2.23. The molecule has 2 aromatic rings. The molecule has 2 amide bonds. The quantitative estimate of drug-likeness (QED) is 0.692. The maximum absolute atomic E-state index is 12.6. The number of nitrogens with one attached hydrogen (secondary N) is 2. The van der Waals surface area contributed by atoms with E-state index in [0.717, 1.165) is 17.2 Å². The van der Waals surface area contributed by atoms with Crippen molar-refractivity contribution in [3.63, 3.8) is 0 Å². The van der Waals surface area contributed by atoms with Gasteiger partial charge in [0.1, 0.15) is 0 Å². The summed E-state index contributed by atoms with van der Waals surface area (Å²) in [7, 11) is -3.93. The Hall–Kier alpha value is -2.58. The smallest absolute Gasteiger partial charge is 0.261 e. The molecule has 0 atom stereocenters. The van der Waals surface area contributed by atoms with E-state index in [1.807, 2.05) is 13.8 Å². The van der Waals surface area contributed by atoms with Gasteiger partial charge in [-0.2, -0.15) is 0 Å². The number of sulfonamides is 1. The minimum atomic E-state index is -3.93. The Kier molecular flexibility index (Phi) is 5.89. The van der Waals surface area contributed by atoms with Gasteiger partial charge in [-0.15, -0.1) is 0 Å². The van der Waals surface area contributed by atoms with Crippen molar-refractivity contribution in [1.29, 1.82) is 0 Å². The highest BCUT2D eigenvalue weighted by Gasteiger charge is 2.19. The molecule has 0 fully saturated rings. The van der Waals surface area contributed by atoms with Crippen LogP contribution in [0.5, 0.6) is 0 Å². The second-order valence-electron chi connectivity index (χ2n) is 5.70. The van der Waals surface area contributed by atoms with Crippen LogP contribution in [0.4, 0.5) is 5.69 Å². The molecule has 4 N–H and O–H groups in total. The number of hydrogen-bond donors (Lipinski definition) is 3. The molecule has 0 aliphatic heterocycles. The van der Waals surface area contributed by atoms with Crippen molar-refractivity contribution in [3.05, 3.63) is 58.1 Å². The van der Waals surface area contributed by atoms with Gasteiger partial charge in [0.25, 0.3) is 15.9 Å². The lowest BCUT2D eigenvalue weighted by atomic mass is 10.1. The molecule has 0 aromatic heterocycles. The van der Waals surface area contributed by atoms with Gasteiger partial charge in [0.05, 0.1) is 22.0 Å². The highest BCUT2D eigenvalue weighted by atomic mass is 35.5. The Morgan fingerprint density at radius 3 is 2.38 bits per heavy atom. The summed E-state index contributed by atoms with van der Waals surface area (Å²) < 4.78 is 27.6. The third kappa shape index (κ3) is 4.74. The Bertz CT molecular complexity index is 974. The molecule has 2 aromatic carbocycles. The van der Waals surface area contributed by atoms with Crippen molar-refractivity contribution in [3.8, 4) is 0 Å². The van der Waals surface area contributed by atoms with E-state index in [0.29, 0.717) is 5.69 Å². The van der Waals surface area contributed by atoms with E-state index in [2.05, 4.69) is 10.0 Å². The van der Waals surface area contributed by atoms with E-state index in [-0.39, 0.29) is 22.0 Å². The number of carbonyl (C=O) groups excluding carboxylic acids is 2. The molecular formula is C17H18ClN3O4S. The molecule has 0 saturated carbocycles. The van der Waals surface area contributed by atoms with Gasteiger partial charge in [0.2, 0.25) is 5.91 Å². The number of halogens is 1. The van der Waals surface area contributed by atoms with Gasteiger partial charge in [-0.1, -0.05) is 17.7 Å². The number of rotatable bonds is 6. The average Bonchev–Trinajstić information content (AvgIpc) is 2.56. The molecule has 0 unspecified atom stereocenters. The molecule has 0 aliphatic rings. The van der Waals surface area contributed by atoms with Crippen molar-refractivity contribution < 1.29 is 18.0 Å². The molecule has 26 heavy (non-hydrogen) atoms. The summed E-state index contributed by atoms with van der Waals surface area (Å²) >= 11 is 5.96. The van der Waals surface area contributed by atoms with Crippen LogP contribution in [0.25, 0.3) is 0 Å². The van der Waals surface area contributed by atoms with Gasteiger partial charge >= 0.3 is 0 Å². The molecule has 0 radical (unpaired) electrons. The molecule has 0 spiro atoms. The lowest BCUT2D eigenvalue weighted by Gasteiger charge is -2.12. The van der Waals surface area contributed by atoms with E-state index in [1.165, 1.54) is 12.1 Å². The Morgan fingerprint density at radius 2 is 1.77 bits per heavy atom. The first kappa shape index (κ1) is 19.7. The molecule has 2 rings (SSSR count). The van der Waals surface area contributed by atoms with Crippen LogP contribution in [0.1, 0.15) is 21.5 Å². The fourth-order valence-corrected chi connectivity index (χ4v) is 3.41. The fourth-order valence-electron chi connectivity index (χ4n) is 2.13. The van der Waals surface area contributed by atoms with E-state index < -0.39 is 21.8 Å². The van der Waals surface area contributed by atoms with Gasteiger partial charge in [0, 0.05) is 5.69 Å². The van der Waals surface area contributed by atoms with E-state index in [9.17, 15) is 18.0 Å². The van der Waals surface area contributed by atoms with Gasteiger partial charge in [-0.25, -0.2) is 8.42 Å².